The normalized spacial score (nSPS) is 18.8. The first-order chi connectivity index (χ1) is 6.74. The summed E-state index contributed by atoms with van der Waals surface area (Å²) in [6, 6.07) is 0. The molecule has 0 aliphatic carbocycles. The van der Waals surface area contributed by atoms with Gasteiger partial charge in [-0.2, -0.15) is 0 Å². The number of hydrogen-bond acceptors (Lipinski definition) is 5. The monoisotopic (exact) mass is 195 g/mol. The van der Waals surface area contributed by atoms with Crippen LogP contribution in [-0.4, -0.2) is 34.0 Å². The molecule has 0 atom stereocenters. The zero-order chi connectivity index (χ0) is 9.97. The number of aryl methyl sites for hydroxylation is 1. The Balaban J connectivity index is 1.93. The van der Waals surface area contributed by atoms with E-state index in [4.69, 9.17) is 4.42 Å². The Morgan fingerprint density at radius 2 is 2.36 bits per heavy atom. The first-order valence-corrected chi connectivity index (χ1v) is 4.77. The van der Waals surface area contributed by atoms with E-state index in [0.29, 0.717) is 37.1 Å². The number of rotatable bonds is 2. The predicted octanol–water partition coefficient (Wildman–Crippen LogP) is 0.543. The fourth-order valence-corrected chi connectivity index (χ4v) is 1.63. The van der Waals surface area contributed by atoms with Crippen molar-refractivity contribution in [3.8, 4) is 0 Å². The van der Waals surface area contributed by atoms with Crippen molar-refractivity contribution in [2.24, 2.45) is 0 Å². The van der Waals surface area contributed by atoms with Gasteiger partial charge in [0.25, 0.3) is 0 Å². The average Bonchev–Trinajstić information content (AvgIpc) is 2.51. The molecule has 0 radical (unpaired) electrons. The van der Waals surface area contributed by atoms with Gasteiger partial charge in [0.15, 0.2) is 0 Å². The van der Waals surface area contributed by atoms with Crippen LogP contribution in [0.5, 0.6) is 0 Å². The Kier molecular flexibility index (Phi) is 2.58. The minimum absolute atomic E-state index is 0.299. The van der Waals surface area contributed by atoms with Gasteiger partial charge in [-0.15, -0.1) is 10.2 Å². The lowest BCUT2D eigenvalue weighted by Gasteiger charge is -2.23. The molecule has 5 heteroatoms. The molecule has 0 aromatic carbocycles. The third-order valence-electron chi connectivity index (χ3n) is 2.26. The largest absolute Gasteiger partial charge is 0.424 e. The molecule has 1 saturated heterocycles. The van der Waals surface area contributed by atoms with Crippen molar-refractivity contribution >= 4 is 5.78 Å². The van der Waals surface area contributed by atoms with Crippen LogP contribution >= 0.6 is 0 Å². The Labute approximate surface area is 82.1 Å². The summed E-state index contributed by atoms with van der Waals surface area (Å²) in [7, 11) is 0. The first-order valence-electron chi connectivity index (χ1n) is 4.77. The topological polar surface area (TPSA) is 59.2 Å². The fraction of sp³-hybridized carbons (Fsp3) is 0.667. The number of carbonyl (C=O) groups excluding carboxylic acids is 1. The lowest BCUT2D eigenvalue weighted by molar-refractivity contribution is -0.122. The van der Waals surface area contributed by atoms with Gasteiger partial charge < -0.3 is 4.42 Å². The first kappa shape index (κ1) is 9.33. The molecule has 76 valence electrons. The standard InChI is InChI=1S/C9H13N3O2/c1-7-10-11-9(14-7)6-12-4-2-3-8(13)5-12/h2-6H2,1H3. The number of likely N-dealkylation sites (tertiary alicyclic amines) is 1. The number of piperidine rings is 1. The van der Waals surface area contributed by atoms with Crippen molar-refractivity contribution in [3.63, 3.8) is 0 Å². The zero-order valence-electron chi connectivity index (χ0n) is 8.19. The molecule has 0 saturated carbocycles. The summed E-state index contributed by atoms with van der Waals surface area (Å²) < 4.78 is 5.25. The quantitative estimate of drug-likeness (QED) is 0.689. The molecule has 1 aromatic rings. The second kappa shape index (κ2) is 3.88. The Morgan fingerprint density at radius 1 is 1.50 bits per heavy atom. The maximum Gasteiger partial charge on any atom is 0.230 e. The lowest BCUT2D eigenvalue weighted by atomic mass is 10.1. The van der Waals surface area contributed by atoms with E-state index in [0.717, 1.165) is 13.0 Å². The van der Waals surface area contributed by atoms with Gasteiger partial charge in [0.05, 0.1) is 13.1 Å². The molecule has 2 rings (SSSR count). The lowest BCUT2D eigenvalue weighted by Crippen LogP contribution is -2.35. The molecule has 1 aromatic heterocycles. The van der Waals surface area contributed by atoms with Gasteiger partial charge in [0, 0.05) is 13.3 Å². The summed E-state index contributed by atoms with van der Waals surface area (Å²) in [6.45, 7) is 3.80. The summed E-state index contributed by atoms with van der Waals surface area (Å²) in [5.74, 6) is 1.47. The van der Waals surface area contributed by atoms with Gasteiger partial charge in [0.1, 0.15) is 5.78 Å². The van der Waals surface area contributed by atoms with E-state index in [2.05, 4.69) is 10.2 Å². The van der Waals surface area contributed by atoms with Crippen LogP contribution in [0.4, 0.5) is 0 Å². The Morgan fingerprint density at radius 3 is 3.00 bits per heavy atom. The maximum absolute atomic E-state index is 11.2. The van der Waals surface area contributed by atoms with E-state index in [1.807, 2.05) is 4.90 Å². The minimum atomic E-state index is 0.299. The van der Waals surface area contributed by atoms with E-state index >= 15 is 0 Å². The van der Waals surface area contributed by atoms with Crippen molar-refractivity contribution in [1.82, 2.24) is 15.1 Å². The molecule has 1 aliphatic heterocycles. The predicted molar refractivity (Wildman–Crippen MR) is 48.6 cm³/mol. The highest BCUT2D eigenvalue weighted by atomic mass is 16.4. The van der Waals surface area contributed by atoms with E-state index in [9.17, 15) is 4.79 Å². The second-order valence-corrected chi connectivity index (χ2v) is 3.57. The number of Topliss-reactive ketones (excluding diaryl/α,β-unsaturated/α-hetero) is 1. The highest BCUT2D eigenvalue weighted by Crippen LogP contribution is 2.09. The summed E-state index contributed by atoms with van der Waals surface area (Å²) in [4.78, 5) is 13.2. The van der Waals surface area contributed by atoms with Crippen molar-refractivity contribution in [2.75, 3.05) is 13.1 Å². The molecule has 14 heavy (non-hydrogen) atoms. The van der Waals surface area contributed by atoms with Gasteiger partial charge in [0.2, 0.25) is 11.8 Å². The summed E-state index contributed by atoms with van der Waals surface area (Å²) in [5, 5.41) is 7.64. The molecule has 0 N–H and O–H groups in total. The number of aromatic nitrogens is 2. The van der Waals surface area contributed by atoms with E-state index in [1.54, 1.807) is 6.92 Å². The van der Waals surface area contributed by atoms with Crippen molar-refractivity contribution in [2.45, 2.75) is 26.3 Å². The second-order valence-electron chi connectivity index (χ2n) is 3.57. The van der Waals surface area contributed by atoms with Crippen LogP contribution in [0.15, 0.2) is 4.42 Å². The molecule has 0 bridgehead atoms. The highest BCUT2D eigenvalue weighted by molar-refractivity contribution is 5.81. The molecule has 5 nitrogen and oxygen atoms in total. The number of nitrogens with zero attached hydrogens (tertiary/aromatic N) is 3. The molecule has 1 aliphatic rings. The molecule has 0 spiro atoms. The SMILES string of the molecule is Cc1nnc(CN2CCCC(=O)C2)o1. The number of ketones is 1. The molecular weight excluding hydrogens is 182 g/mol. The van der Waals surface area contributed by atoms with Crippen LogP contribution in [0.25, 0.3) is 0 Å². The molecule has 1 fully saturated rings. The average molecular weight is 195 g/mol. The van der Waals surface area contributed by atoms with Crippen LogP contribution in [0, 0.1) is 6.92 Å². The summed E-state index contributed by atoms with van der Waals surface area (Å²) in [6.07, 6.45) is 1.64. The van der Waals surface area contributed by atoms with Gasteiger partial charge >= 0.3 is 0 Å². The van der Waals surface area contributed by atoms with Gasteiger partial charge in [-0.1, -0.05) is 0 Å². The molecule has 2 heterocycles. The Hall–Kier alpha value is -1.23. The van der Waals surface area contributed by atoms with Crippen molar-refractivity contribution < 1.29 is 9.21 Å². The van der Waals surface area contributed by atoms with Crippen LogP contribution in [0.3, 0.4) is 0 Å². The van der Waals surface area contributed by atoms with E-state index < -0.39 is 0 Å². The van der Waals surface area contributed by atoms with Crippen LogP contribution < -0.4 is 0 Å². The fourth-order valence-electron chi connectivity index (χ4n) is 1.63. The van der Waals surface area contributed by atoms with Gasteiger partial charge in [-0.3, -0.25) is 9.69 Å². The third kappa shape index (κ3) is 2.17. The molecular formula is C9H13N3O2. The third-order valence-corrected chi connectivity index (χ3v) is 2.26. The van der Waals surface area contributed by atoms with Crippen LogP contribution in [-0.2, 0) is 11.3 Å². The van der Waals surface area contributed by atoms with Crippen LogP contribution in [0.1, 0.15) is 24.6 Å². The van der Waals surface area contributed by atoms with E-state index in [-0.39, 0.29) is 0 Å². The zero-order valence-corrected chi connectivity index (χ0v) is 8.19. The maximum atomic E-state index is 11.2. The Bertz CT molecular complexity index is 335. The highest BCUT2D eigenvalue weighted by Gasteiger charge is 2.18. The number of hydrogen-bond donors (Lipinski definition) is 0. The van der Waals surface area contributed by atoms with Crippen molar-refractivity contribution in [3.05, 3.63) is 11.8 Å². The smallest absolute Gasteiger partial charge is 0.230 e. The summed E-state index contributed by atoms with van der Waals surface area (Å²) >= 11 is 0. The van der Waals surface area contributed by atoms with E-state index in [1.165, 1.54) is 0 Å². The minimum Gasteiger partial charge on any atom is -0.424 e. The van der Waals surface area contributed by atoms with Gasteiger partial charge in [-0.25, -0.2) is 0 Å². The van der Waals surface area contributed by atoms with Crippen molar-refractivity contribution in [1.29, 1.82) is 0 Å². The number of carbonyl (C=O) groups is 1. The molecule has 0 unspecified atom stereocenters. The summed E-state index contributed by atoms with van der Waals surface area (Å²) in [5.41, 5.74) is 0. The molecule has 0 amide bonds. The van der Waals surface area contributed by atoms with Gasteiger partial charge in [-0.05, 0) is 13.0 Å². The van der Waals surface area contributed by atoms with Crippen LogP contribution in [0.2, 0.25) is 0 Å².